The number of rotatable bonds is 6. The van der Waals surface area contributed by atoms with Gasteiger partial charge in [-0.2, -0.15) is 0 Å². The van der Waals surface area contributed by atoms with Crippen LogP contribution in [0.3, 0.4) is 0 Å². The van der Waals surface area contributed by atoms with E-state index in [1.165, 1.54) is 6.42 Å². The van der Waals surface area contributed by atoms with E-state index in [-0.39, 0.29) is 11.9 Å². The first-order valence-corrected chi connectivity index (χ1v) is 8.42. The molecule has 4 nitrogen and oxygen atoms in total. The Kier molecular flexibility index (Phi) is 6.52. The molecule has 1 fully saturated rings. The normalized spacial score (nSPS) is 18.0. The minimum absolute atomic E-state index is 0.0751. The molecule has 5 heteroatoms. The predicted octanol–water partition coefficient (Wildman–Crippen LogP) is 3.10. The summed E-state index contributed by atoms with van der Waals surface area (Å²) in [7, 11) is 0. The lowest BCUT2D eigenvalue weighted by Gasteiger charge is -2.32. The van der Waals surface area contributed by atoms with Gasteiger partial charge in [0.15, 0.2) is 6.10 Å². The summed E-state index contributed by atoms with van der Waals surface area (Å²) in [5.74, 6) is 0.471. The van der Waals surface area contributed by atoms with E-state index in [1.54, 1.807) is 19.1 Å². The summed E-state index contributed by atoms with van der Waals surface area (Å²) in [5.41, 5.74) is 0. The minimum atomic E-state index is -0.548. The number of carbonyl (C=O) groups is 1. The smallest absolute Gasteiger partial charge is 0.260 e. The summed E-state index contributed by atoms with van der Waals surface area (Å²) < 4.78 is 5.65. The number of nitrogens with one attached hydrogen (secondary N) is 1. The molecular formula is C17H25ClN2O2. The number of para-hydroxylation sites is 1. The zero-order chi connectivity index (χ0) is 15.9. The third kappa shape index (κ3) is 4.89. The average Bonchev–Trinajstić information content (AvgIpc) is 2.51. The minimum Gasteiger partial charge on any atom is -0.479 e. The third-order valence-electron chi connectivity index (χ3n) is 3.98. The van der Waals surface area contributed by atoms with Crippen LogP contribution < -0.4 is 10.1 Å². The summed E-state index contributed by atoms with van der Waals surface area (Å²) >= 11 is 6.05. The highest BCUT2D eigenvalue weighted by Gasteiger charge is 2.23. The van der Waals surface area contributed by atoms with Crippen molar-refractivity contribution in [3.05, 3.63) is 29.3 Å². The molecule has 1 aliphatic rings. The molecule has 0 aromatic heterocycles. The lowest BCUT2D eigenvalue weighted by atomic mass is 10.0. The molecule has 22 heavy (non-hydrogen) atoms. The van der Waals surface area contributed by atoms with E-state index < -0.39 is 6.10 Å². The molecule has 1 aromatic carbocycles. The van der Waals surface area contributed by atoms with Crippen molar-refractivity contribution < 1.29 is 9.53 Å². The first-order valence-electron chi connectivity index (χ1n) is 8.04. The molecule has 1 saturated heterocycles. The molecule has 2 rings (SSSR count). The van der Waals surface area contributed by atoms with Crippen molar-refractivity contribution in [1.29, 1.82) is 0 Å². The van der Waals surface area contributed by atoms with Gasteiger partial charge in [-0.05, 0) is 44.9 Å². The van der Waals surface area contributed by atoms with Crippen molar-refractivity contribution in [1.82, 2.24) is 10.2 Å². The fourth-order valence-corrected chi connectivity index (χ4v) is 2.90. The highest BCUT2D eigenvalue weighted by Crippen LogP contribution is 2.24. The Balaban J connectivity index is 1.79. The number of ether oxygens (including phenoxy) is 1. The predicted molar refractivity (Wildman–Crippen MR) is 89.4 cm³/mol. The van der Waals surface area contributed by atoms with Gasteiger partial charge in [-0.3, -0.25) is 4.79 Å². The third-order valence-corrected chi connectivity index (χ3v) is 4.30. The quantitative estimate of drug-likeness (QED) is 0.874. The molecule has 1 heterocycles. The molecule has 1 N–H and O–H groups in total. The molecule has 0 bridgehead atoms. The van der Waals surface area contributed by atoms with Gasteiger partial charge in [0.05, 0.1) is 5.02 Å². The fraction of sp³-hybridized carbons (Fsp3) is 0.588. The Morgan fingerprint density at radius 2 is 2.09 bits per heavy atom. The number of amides is 1. The van der Waals surface area contributed by atoms with Crippen LogP contribution >= 0.6 is 11.6 Å². The Morgan fingerprint density at radius 1 is 1.41 bits per heavy atom. The molecule has 0 unspecified atom stereocenters. The van der Waals surface area contributed by atoms with E-state index in [0.29, 0.717) is 10.8 Å². The number of halogens is 1. The first-order chi connectivity index (χ1) is 10.6. The van der Waals surface area contributed by atoms with Gasteiger partial charge in [0.1, 0.15) is 5.75 Å². The molecule has 1 amide bonds. The molecular weight excluding hydrogens is 300 g/mol. The van der Waals surface area contributed by atoms with Crippen LogP contribution in [0, 0.1) is 0 Å². The fourth-order valence-electron chi connectivity index (χ4n) is 2.72. The monoisotopic (exact) mass is 324 g/mol. The second kappa shape index (κ2) is 8.39. The van der Waals surface area contributed by atoms with E-state index in [0.717, 1.165) is 32.5 Å². The zero-order valence-corrected chi connectivity index (χ0v) is 14.1. The lowest BCUT2D eigenvalue weighted by Crippen LogP contribution is -2.48. The summed E-state index contributed by atoms with van der Waals surface area (Å²) in [5, 5.41) is 3.61. The standard InChI is InChI=1S/C17H25ClN2O2/c1-3-10-20-11-8-14(9-12-20)19-17(21)13(2)22-16-7-5-4-6-15(16)18/h4-7,13-14H,3,8-12H2,1-2H3,(H,19,21)/t13-/m1/s1. The SMILES string of the molecule is CCCN1CCC(NC(=O)[C@@H](C)Oc2ccccc2Cl)CC1. The highest BCUT2D eigenvalue weighted by atomic mass is 35.5. The maximum atomic E-state index is 12.2. The Labute approximate surface area is 137 Å². The molecule has 0 saturated carbocycles. The van der Waals surface area contributed by atoms with Gasteiger partial charge in [0.2, 0.25) is 0 Å². The van der Waals surface area contributed by atoms with Crippen LogP contribution in [0.4, 0.5) is 0 Å². The van der Waals surface area contributed by atoms with Crippen LogP contribution in [0.5, 0.6) is 5.75 Å². The van der Waals surface area contributed by atoms with E-state index in [2.05, 4.69) is 17.1 Å². The van der Waals surface area contributed by atoms with Gasteiger partial charge in [-0.1, -0.05) is 30.7 Å². The number of benzene rings is 1. The van der Waals surface area contributed by atoms with Crippen molar-refractivity contribution in [3.8, 4) is 5.75 Å². The van der Waals surface area contributed by atoms with Crippen LogP contribution in [0.25, 0.3) is 0 Å². The molecule has 122 valence electrons. The van der Waals surface area contributed by atoms with Crippen molar-refractivity contribution in [2.75, 3.05) is 19.6 Å². The molecule has 0 aliphatic carbocycles. The highest BCUT2D eigenvalue weighted by molar-refractivity contribution is 6.32. The number of hydrogen-bond acceptors (Lipinski definition) is 3. The van der Waals surface area contributed by atoms with E-state index in [1.807, 2.05) is 12.1 Å². The van der Waals surface area contributed by atoms with Crippen molar-refractivity contribution >= 4 is 17.5 Å². The molecule has 1 aromatic rings. The lowest BCUT2D eigenvalue weighted by molar-refractivity contribution is -0.128. The number of likely N-dealkylation sites (tertiary alicyclic amines) is 1. The zero-order valence-electron chi connectivity index (χ0n) is 13.3. The van der Waals surface area contributed by atoms with Crippen LogP contribution in [0.2, 0.25) is 5.02 Å². The maximum Gasteiger partial charge on any atom is 0.260 e. The molecule has 1 atom stereocenters. The van der Waals surface area contributed by atoms with E-state index >= 15 is 0 Å². The second-order valence-corrected chi connectivity index (χ2v) is 6.22. The van der Waals surface area contributed by atoms with E-state index in [9.17, 15) is 4.79 Å². The van der Waals surface area contributed by atoms with Crippen LogP contribution in [0.15, 0.2) is 24.3 Å². The summed E-state index contributed by atoms with van der Waals surface area (Å²) in [6.45, 7) is 7.20. The Morgan fingerprint density at radius 3 is 2.73 bits per heavy atom. The summed E-state index contributed by atoms with van der Waals surface area (Å²) in [4.78, 5) is 14.7. The van der Waals surface area contributed by atoms with Gasteiger partial charge >= 0.3 is 0 Å². The maximum absolute atomic E-state index is 12.2. The Bertz CT molecular complexity index is 487. The topological polar surface area (TPSA) is 41.6 Å². The average molecular weight is 325 g/mol. The Hall–Kier alpha value is -1.26. The summed E-state index contributed by atoms with van der Waals surface area (Å²) in [6, 6.07) is 7.46. The summed E-state index contributed by atoms with van der Waals surface area (Å²) in [6.07, 6.45) is 2.64. The molecule has 1 aliphatic heterocycles. The van der Waals surface area contributed by atoms with Crippen molar-refractivity contribution in [3.63, 3.8) is 0 Å². The van der Waals surface area contributed by atoms with Gasteiger partial charge in [-0.25, -0.2) is 0 Å². The van der Waals surface area contributed by atoms with E-state index in [4.69, 9.17) is 16.3 Å². The van der Waals surface area contributed by atoms with Crippen LogP contribution in [-0.4, -0.2) is 42.6 Å². The van der Waals surface area contributed by atoms with Crippen LogP contribution in [-0.2, 0) is 4.79 Å². The molecule has 0 spiro atoms. The number of piperidine rings is 1. The van der Waals surface area contributed by atoms with Gasteiger partial charge in [0.25, 0.3) is 5.91 Å². The molecule has 0 radical (unpaired) electrons. The largest absolute Gasteiger partial charge is 0.479 e. The van der Waals surface area contributed by atoms with Crippen molar-refractivity contribution in [2.45, 2.75) is 45.3 Å². The first kappa shape index (κ1) is 17.1. The van der Waals surface area contributed by atoms with Gasteiger partial charge < -0.3 is 15.0 Å². The number of nitrogens with zero attached hydrogens (tertiary/aromatic N) is 1. The second-order valence-electron chi connectivity index (χ2n) is 5.82. The van der Waals surface area contributed by atoms with Gasteiger partial charge in [-0.15, -0.1) is 0 Å². The van der Waals surface area contributed by atoms with Gasteiger partial charge in [0, 0.05) is 19.1 Å². The van der Waals surface area contributed by atoms with Crippen molar-refractivity contribution in [2.24, 2.45) is 0 Å². The van der Waals surface area contributed by atoms with Crippen LogP contribution in [0.1, 0.15) is 33.1 Å². The number of hydrogen-bond donors (Lipinski definition) is 1. The number of carbonyl (C=O) groups excluding carboxylic acids is 1.